The molecule has 1 unspecified atom stereocenters. The lowest BCUT2D eigenvalue weighted by molar-refractivity contribution is -0.119. The maximum atomic E-state index is 13.0. The number of carbonyl (C=O) groups excluding carboxylic acids is 1. The lowest BCUT2D eigenvalue weighted by atomic mass is 9.95. The Bertz CT molecular complexity index is 1480. The third-order valence-electron chi connectivity index (χ3n) is 6.79. The minimum atomic E-state index is -3.47. The molecule has 1 aliphatic rings. The van der Waals surface area contributed by atoms with Crippen molar-refractivity contribution in [2.45, 2.75) is 49.2 Å². The average molecular weight is 485 g/mol. The molecule has 0 amide bonds. The Balaban J connectivity index is 1.26. The molecule has 0 bridgehead atoms. The monoisotopic (exact) mass is 484 g/mol. The summed E-state index contributed by atoms with van der Waals surface area (Å²) in [6, 6.07) is 18.4. The van der Waals surface area contributed by atoms with Gasteiger partial charge in [0.15, 0.2) is 9.84 Å². The van der Waals surface area contributed by atoms with Gasteiger partial charge in [-0.25, -0.2) is 8.42 Å². The van der Waals surface area contributed by atoms with Crippen LogP contribution in [-0.4, -0.2) is 24.2 Å². The molecule has 2 heterocycles. The van der Waals surface area contributed by atoms with E-state index in [0.717, 1.165) is 28.3 Å². The quantitative estimate of drug-likeness (QED) is 0.323. The number of hydrogen-bond donors (Lipinski definition) is 0. The lowest BCUT2D eigenvalue weighted by Crippen LogP contribution is -2.07. The Morgan fingerprint density at radius 1 is 1.03 bits per heavy atom. The summed E-state index contributed by atoms with van der Waals surface area (Å²) in [5.41, 5.74) is 3.76. The van der Waals surface area contributed by atoms with Crippen molar-refractivity contribution in [3.05, 3.63) is 102 Å². The molecular formula is C29H28N2O3S. The molecule has 178 valence electrons. The van der Waals surface area contributed by atoms with Gasteiger partial charge in [0.25, 0.3) is 0 Å². The standard InChI is InChI=1S/C29H28N2O3S/c1-19(2)28-17-30-16-22-7-6-20(13-25(22)28)14-29(32)27-15-26(27)21-8-10-24(11-9-21)35(33,34)18-23-5-3-4-12-31-23/h3-13,16-17,19,26-27H,14-15,18H2,1-2H3/t26?,27-/m1/s1. The molecule has 0 saturated heterocycles. The number of sulfone groups is 1. The average Bonchev–Trinajstić information content (AvgIpc) is 3.65. The molecule has 6 heteroatoms. The van der Waals surface area contributed by atoms with Gasteiger partial charge in [-0.1, -0.05) is 50.2 Å². The van der Waals surface area contributed by atoms with Crippen LogP contribution in [0.5, 0.6) is 0 Å². The molecule has 35 heavy (non-hydrogen) atoms. The first kappa shape index (κ1) is 23.4. The number of carbonyl (C=O) groups is 1. The molecule has 0 aliphatic heterocycles. The van der Waals surface area contributed by atoms with Crippen molar-refractivity contribution in [3.8, 4) is 0 Å². The number of benzene rings is 2. The number of hydrogen-bond acceptors (Lipinski definition) is 5. The highest BCUT2D eigenvalue weighted by Gasteiger charge is 2.43. The van der Waals surface area contributed by atoms with Crippen LogP contribution >= 0.6 is 0 Å². The Hall–Kier alpha value is -3.38. The fourth-order valence-corrected chi connectivity index (χ4v) is 6.02. The van der Waals surface area contributed by atoms with Crippen molar-refractivity contribution in [3.63, 3.8) is 0 Å². The molecule has 0 radical (unpaired) electrons. The number of nitrogens with zero attached hydrogens (tertiary/aromatic N) is 2. The lowest BCUT2D eigenvalue weighted by Gasteiger charge is -2.11. The zero-order valence-corrected chi connectivity index (χ0v) is 20.7. The van der Waals surface area contributed by atoms with Gasteiger partial charge in [0.05, 0.1) is 16.3 Å². The van der Waals surface area contributed by atoms with Crippen LogP contribution in [0.1, 0.15) is 54.5 Å². The highest BCUT2D eigenvalue weighted by Crippen LogP contribution is 2.48. The topological polar surface area (TPSA) is 77.0 Å². The van der Waals surface area contributed by atoms with E-state index < -0.39 is 9.84 Å². The fraction of sp³-hybridized carbons (Fsp3) is 0.276. The zero-order chi connectivity index (χ0) is 24.6. The first-order chi connectivity index (χ1) is 16.8. The Labute approximate surface area is 206 Å². The van der Waals surface area contributed by atoms with Crippen LogP contribution in [-0.2, 0) is 26.8 Å². The maximum Gasteiger partial charge on any atom is 0.184 e. The number of ketones is 1. The molecule has 1 saturated carbocycles. The number of rotatable bonds is 8. The number of Topliss-reactive ketones (excluding diaryl/α,β-unsaturated/α-hetero) is 1. The van der Waals surface area contributed by atoms with E-state index in [0.29, 0.717) is 18.0 Å². The van der Waals surface area contributed by atoms with Gasteiger partial charge in [-0.05, 0) is 64.6 Å². The molecule has 2 aromatic heterocycles. The first-order valence-corrected chi connectivity index (χ1v) is 13.6. The maximum absolute atomic E-state index is 13.0. The number of aromatic nitrogens is 2. The minimum absolute atomic E-state index is 0.0105. The van der Waals surface area contributed by atoms with Crippen LogP contribution in [0.25, 0.3) is 10.8 Å². The summed E-state index contributed by atoms with van der Waals surface area (Å²) in [4.78, 5) is 21.8. The third-order valence-corrected chi connectivity index (χ3v) is 8.46. The second-order valence-corrected chi connectivity index (χ2v) is 11.7. The molecule has 5 nitrogen and oxygen atoms in total. The van der Waals surface area contributed by atoms with Crippen molar-refractivity contribution in [1.82, 2.24) is 9.97 Å². The third kappa shape index (κ3) is 5.03. The summed E-state index contributed by atoms with van der Waals surface area (Å²) >= 11 is 0. The van der Waals surface area contributed by atoms with Crippen LogP contribution in [0.15, 0.2) is 84.1 Å². The van der Waals surface area contributed by atoms with E-state index in [2.05, 4.69) is 29.9 Å². The molecule has 1 fully saturated rings. The van der Waals surface area contributed by atoms with Gasteiger partial charge < -0.3 is 0 Å². The normalized spacial score (nSPS) is 17.6. The summed E-state index contributed by atoms with van der Waals surface area (Å²) in [6.45, 7) is 4.30. The van der Waals surface area contributed by atoms with Crippen molar-refractivity contribution >= 4 is 26.4 Å². The molecule has 1 aliphatic carbocycles. The molecule has 0 spiro atoms. The van der Waals surface area contributed by atoms with Crippen molar-refractivity contribution in [1.29, 1.82) is 0 Å². The molecule has 5 rings (SSSR count). The Morgan fingerprint density at radius 3 is 2.54 bits per heavy atom. The van der Waals surface area contributed by atoms with Crippen LogP contribution in [0.2, 0.25) is 0 Å². The predicted molar refractivity (Wildman–Crippen MR) is 137 cm³/mol. The smallest absolute Gasteiger partial charge is 0.184 e. The van der Waals surface area contributed by atoms with Crippen LogP contribution in [0.4, 0.5) is 0 Å². The van der Waals surface area contributed by atoms with Gasteiger partial charge in [0.1, 0.15) is 5.78 Å². The Morgan fingerprint density at radius 2 is 1.83 bits per heavy atom. The van der Waals surface area contributed by atoms with Crippen LogP contribution in [0.3, 0.4) is 0 Å². The van der Waals surface area contributed by atoms with E-state index in [1.165, 1.54) is 5.56 Å². The van der Waals surface area contributed by atoms with E-state index in [9.17, 15) is 13.2 Å². The number of pyridine rings is 2. The minimum Gasteiger partial charge on any atom is -0.299 e. The molecule has 0 N–H and O–H groups in total. The second kappa shape index (κ2) is 9.34. The molecular weight excluding hydrogens is 456 g/mol. The van der Waals surface area contributed by atoms with E-state index in [4.69, 9.17) is 0 Å². The molecule has 2 atom stereocenters. The van der Waals surface area contributed by atoms with Crippen LogP contribution in [0, 0.1) is 5.92 Å². The highest BCUT2D eigenvalue weighted by atomic mass is 32.2. The van der Waals surface area contributed by atoms with Gasteiger partial charge >= 0.3 is 0 Å². The van der Waals surface area contributed by atoms with Gasteiger partial charge in [0, 0.05) is 36.3 Å². The fourth-order valence-electron chi connectivity index (χ4n) is 4.74. The van der Waals surface area contributed by atoms with E-state index in [-0.39, 0.29) is 28.3 Å². The van der Waals surface area contributed by atoms with Crippen LogP contribution < -0.4 is 0 Å². The predicted octanol–water partition coefficient (Wildman–Crippen LogP) is 5.64. The van der Waals surface area contributed by atoms with Gasteiger partial charge in [0.2, 0.25) is 0 Å². The Kier molecular flexibility index (Phi) is 6.24. The summed E-state index contributed by atoms with van der Waals surface area (Å²) in [5.74, 6) is 0.620. The highest BCUT2D eigenvalue weighted by molar-refractivity contribution is 7.90. The van der Waals surface area contributed by atoms with E-state index >= 15 is 0 Å². The van der Waals surface area contributed by atoms with Gasteiger partial charge in [-0.15, -0.1) is 0 Å². The van der Waals surface area contributed by atoms with Crippen molar-refractivity contribution < 1.29 is 13.2 Å². The molecule has 2 aromatic carbocycles. The van der Waals surface area contributed by atoms with Crippen molar-refractivity contribution in [2.24, 2.45) is 5.92 Å². The summed E-state index contributed by atoms with van der Waals surface area (Å²) in [6.07, 6.45) is 6.59. The van der Waals surface area contributed by atoms with E-state index in [1.807, 2.05) is 36.7 Å². The molecule has 4 aromatic rings. The number of fused-ring (bicyclic) bond motifs is 1. The zero-order valence-electron chi connectivity index (χ0n) is 19.9. The van der Waals surface area contributed by atoms with E-state index in [1.54, 1.807) is 36.5 Å². The SMILES string of the molecule is CC(C)c1cncc2ccc(CC(=O)[C@@H]3CC3c3ccc(S(=O)(=O)Cc4ccccn4)cc3)cc12. The summed E-state index contributed by atoms with van der Waals surface area (Å²) < 4.78 is 25.5. The largest absolute Gasteiger partial charge is 0.299 e. The van der Waals surface area contributed by atoms with Gasteiger partial charge in [-0.3, -0.25) is 14.8 Å². The first-order valence-electron chi connectivity index (χ1n) is 11.9. The second-order valence-electron chi connectivity index (χ2n) is 9.68. The van der Waals surface area contributed by atoms with Crippen molar-refractivity contribution in [2.75, 3.05) is 0 Å². The summed E-state index contributed by atoms with van der Waals surface area (Å²) in [7, 11) is -3.47. The van der Waals surface area contributed by atoms with Gasteiger partial charge in [-0.2, -0.15) is 0 Å². The summed E-state index contributed by atoms with van der Waals surface area (Å²) in [5, 5.41) is 2.25.